The molecule has 36 heavy (non-hydrogen) atoms. The average molecular weight is 497 g/mol. The van der Waals surface area contributed by atoms with E-state index in [0.717, 1.165) is 22.8 Å². The lowest BCUT2D eigenvalue weighted by Gasteiger charge is -2.28. The van der Waals surface area contributed by atoms with Crippen molar-refractivity contribution in [2.45, 2.75) is 32.5 Å². The third-order valence-corrected chi connectivity index (χ3v) is 7.08. The van der Waals surface area contributed by atoms with E-state index in [0.29, 0.717) is 17.2 Å². The highest BCUT2D eigenvalue weighted by molar-refractivity contribution is 7.80. The van der Waals surface area contributed by atoms with Crippen molar-refractivity contribution in [3.05, 3.63) is 119 Å². The Morgan fingerprint density at radius 1 is 1.03 bits per heavy atom. The van der Waals surface area contributed by atoms with Gasteiger partial charge in [-0.15, -0.1) is 0 Å². The molecule has 0 amide bonds. The molecule has 0 aliphatic carbocycles. The van der Waals surface area contributed by atoms with Gasteiger partial charge in [0.15, 0.2) is 5.11 Å². The zero-order valence-corrected chi connectivity index (χ0v) is 21.3. The quantitative estimate of drug-likeness (QED) is 0.283. The summed E-state index contributed by atoms with van der Waals surface area (Å²) in [4.78, 5) is 18.8. The Labute approximate surface area is 216 Å². The number of ether oxygens (including phenoxy) is 1. The van der Waals surface area contributed by atoms with E-state index in [1.54, 1.807) is 12.1 Å². The Balaban J connectivity index is 1.58. The maximum atomic E-state index is 11.9. The van der Waals surface area contributed by atoms with Crippen molar-refractivity contribution < 1.29 is 9.53 Å². The predicted octanol–water partition coefficient (Wildman–Crippen LogP) is 5.45. The molecular weight excluding hydrogens is 468 g/mol. The van der Waals surface area contributed by atoms with Gasteiger partial charge in [0.25, 0.3) is 0 Å². The number of benzene rings is 2. The van der Waals surface area contributed by atoms with Crippen LogP contribution in [0.15, 0.2) is 85.1 Å². The van der Waals surface area contributed by atoms with Gasteiger partial charge in [0.1, 0.15) is 0 Å². The minimum absolute atomic E-state index is 0.0399. The lowest BCUT2D eigenvalue weighted by molar-refractivity contribution is 0.0600. The van der Waals surface area contributed by atoms with Gasteiger partial charge in [0.2, 0.25) is 0 Å². The van der Waals surface area contributed by atoms with Gasteiger partial charge < -0.3 is 19.5 Å². The Morgan fingerprint density at radius 2 is 1.75 bits per heavy atom. The SMILES string of the molecule is COC(=O)c1ccc(-n2c(C)cc([C@@H]3[C@@H](c4ccccn4)NC(=S)N3Cc3ccccc3)c2C)cc1. The van der Waals surface area contributed by atoms with E-state index < -0.39 is 0 Å². The predicted molar refractivity (Wildman–Crippen MR) is 144 cm³/mol. The molecule has 0 radical (unpaired) electrons. The number of pyridine rings is 1. The van der Waals surface area contributed by atoms with Crippen LogP contribution >= 0.6 is 12.2 Å². The molecule has 5 rings (SSSR count). The van der Waals surface area contributed by atoms with Crippen LogP contribution in [0.5, 0.6) is 0 Å². The van der Waals surface area contributed by atoms with Crippen LogP contribution in [0, 0.1) is 13.8 Å². The molecule has 3 heterocycles. The number of nitrogens with zero attached hydrogens (tertiary/aromatic N) is 3. The number of hydrogen-bond acceptors (Lipinski definition) is 4. The second kappa shape index (κ2) is 9.95. The molecule has 4 aromatic rings. The number of hydrogen-bond donors (Lipinski definition) is 1. The molecule has 1 aliphatic rings. The summed E-state index contributed by atoms with van der Waals surface area (Å²) in [6, 6.07) is 26.0. The summed E-state index contributed by atoms with van der Waals surface area (Å²) in [6.45, 7) is 4.93. The van der Waals surface area contributed by atoms with Crippen LogP contribution in [-0.4, -0.2) is 32.6 Å². The summed E-state index contributed by atoms with van der Waals surface area (Å²) in [5.74, 6) is -0.344. The first-order chi connectivity index (χ1) is 17.5. The number of nitrogens with one attached hydrogen (secondary N) is 1. The smallest absolute Gasteiger partial charge is 0.337 e. The first-order valence-corrected chi connectivity index (χ1v) is 12.3. The van der Waals surface area contributed by atoms with Gasteiger partial charge in [-0.2, -0.15) is 0 Å². The first kappa shape index (κ1) is 23.8. The van der Waals surface area contributed by atoms with Gasteiger partial charge >= 0.3 is 5.97 Å². The molecule has 7 heteroatoms. The van der Waals surface area contributed by atoms with Gasteiger partial charge in [0, 0.05) is 29.8 Å². The molecule has 1 saturated heterocycles. The van der Waals surface area contributed by atoms with E-state index >= 15 is 0 Å². The van der Waals surface area contributed by atoms with Gasteiger partial charge in [-0.05, 0) is 79.7 Å². The lowest BCUT2D eigenvalue weighted by atomic mass is 9.96. The van der Waals surface area contributed by atoms with Crippen molar-refractivity contribution in [3.8, 4) is 5.69 Å². The van der Waals surface area contributed by atoms with E-state index in [4.69, 9.17) is 17.0 Å². The molecular formula is C29H28N4O2S. The van der Waals surface area contributed by atoms with E-state index in [1.165, 1.54) is 18.2 Å². The third-order valence-electron chi connectivity index (χ3n) is 6.73. The number of methoxy groups -OCH3 is 1. The van der Waals surface area contributed by atoms with Crippen LogP contribution < -0.4 is 5.32 Å². The topological polar surface area (TPSA) is 59.4 Å². The number of esters is 1. The van der Waals surface area contributed by atoms with Crippen LogP contribution in [-0.2, 0) is 11.3 Å². The van der Waals surface area contributed by atoms with Crippen molar-refractivity contribution in [1.29, 1.82) is 0 Å². The van der Waals surface area contributed by atoms with Crippen LogP contribution in [0.25, 0.3) is 5.69 Å². The summed E-state index contributed by atoms with van der Waals surface area (Å²) in [5, 5.41) is 4.26. The molecule has 2 aromatic heterocycles. The largest absolute Gasteiger partial charge is 0.465 e. The summed E-state index contributed by atoms with van der Waals surface area (Å²) in [6.07, 6.45) is 1.82. The van der Waals surface area contributed by atoms with Crippen LogP contribution in [0.4, 0.5) is 0 Å². The molecule has 0 unspecified atom stereocenters. The van der Waals surface area contributed by atoms with Crippen molar-refractivity contribution in [3.63, 3.8) is 0 Å². The molecule has 0 saturated carbocycles. The summed E-state index contributed by atoms with van der Waals surface area (Å²) < 4.78 is 7.07. The summed E-state index contributed by atoms with van der Waals surface area (Å²) in [7, 11) is 1.39. The molecule has 1 N–H and O–H groups in total. The van der Waals surface area contributed by atoms with Crippen LogP contribution in [0.2, 0.25) is 0 Å². The molecule has 1 aliphatic heterocycles. The maximum Gasteiger partial charge on any atom is 0.337 e. The van der Waals surface area contributed by atoms with Gasteiger partial charge in [-0.3, -0.25) is 4.98 Å². The van der Waals surface area contributed by atoms with Crippen molar-refractivity contribution in [2.75, 3.05) is 7.11 Å². The fraction of sp³-hybridized carbons (Fsp3) is 0.207. The minimum Gasteiger partial charge on any atom is -0.465 e. The van der Waals surface area contributed by atoms with Crippen LogP contribution in [0.3, 0.4) is 0 Å². The molecule has 2 atom stereocenters. The Bertz CT molecular complexity index is 1380. The van der Waals surface area contributed by atoms with Crippen molar-refractivity contribution in [2.24, 2.45) is 0 Å². The molecule has 182 valence electrons. The van der Waals surface area contributed by atoms with E-state index in [-0.39, 0.29) is 18.1 Å². The lowest BCUT2D eigenvalue weighted by Crippen LogP contribution is -2.29. The van der Waals surface area contributed by atoms with Crippen LogP contribution in [0.1, 0.15) is 50.7 Å². The van der Waals surface area contributed by atoms with Crippen molar-refractivity contribution >= 4 is 23.3 Å². The van der Waals surface area contributed by atoms with Crippen molar-refractivity contribution in [1.82, 2.24) is 19.8 Å². The Morgan fingerprint density at radius 3 is 2.42 bits per heavy atom. The van der Waals surface area contributed by atoms with E-state index in [1.807, 2.05) is 42.6 Å². The first-order valence-electron chi connectivity index (χ1n) is 11.9. The normalized spacial score (nSPS) is 17.2. The highest BCUT2D eigenvalue weighted by Crippen LogP contribution is 2.42. The Hall–Kier alpha value is -3.97. The third kappa shape index (κ3) is 4.38. The number of carbonyl (C=O) groups is 1. The fourth-order valence-corrected chi connectivity index (χ4v) is 5.35. The number of carbonyl (C=O) groups excluding carboxylic acids is 1. The molecule has 2 aromatic carbocycles. The number of aromatic nitrogens is 2. The highest BCUT2D eigenvalue weighted by Gasteiger charge is 2.41. The number of thiocarbonyl (C=S) groups is 1. The van der Waals surface area contributed by atoms with Gasteiger partial charge in [0.05, 0.1) is 30.5 Å². The van der Waals surface area contributed by atoms with Gasteiger partial charge in [-0.25, -0.2) is 4.79 Å². The summed E-state index contributed by atoms with van der Waals surface area (Å²) >= 11 is 5.86. The molecule has 1 fully saturated rings. The van der Waals surface area contributed by atoms with Gasteiger partial charge in [-0.1, -0.05) is 36.4 Å². The zero-order chi connectivity index (χ0) is 25.2. The number of rotatable bonds is 6. The van der Waals surface area contributed by atoms with E-state index in [9.17, 15) is 4.79 Å². The van der Waals surface area contributed by atoms with E-state index in [2.05, 4.69) is 63.9 Å². The Kier molecular flexibility index (Phi) is 6.57. The number of aryl methyl sites for hydroxylation is 1. The average Bonchev–Trinajstić information content (AvgIpc) is 3.39. The maximum absolute atomic E-state index is 11.9. The highest BCUT2D eigenvalue weighted by atomic mass is 32.1. The standard InChI is InChI=1S/C29H28N4O2S/c1-19-17-24(20(2)33(19)23-14-12-22(13-15-23)28(34)35-3)27-26(25-11-7-8-16-30-25)31-29(36)32(27)18-21-9-5-4-6-10-21/h4-17,26-27H,18H2,1-3H3,(H,31,36)/t26-,27-/m1/s1. The second-order valence-corrected chi connectivity index (χ2v) is 9.33. The fourth-order valence-electron chi connectivity index (χ4n) is 5.04. The molecule has 0 spiro atoms. The summed E-state index contributed by atoms with van der Waals surface area (Å²) in [5.41, 5.74) is 7.07. The minimum atomic E-state index is -0.344. The second-order valence-electron chi connectivity index (χ2n) is 8.94. The zero-order valence-electron chi connectivity index (χ0n) is 20.5. The molecule has 0 bridgehead atoms. The molecule has 6 nitrogen and oxygen atoms in total. The monoisotopic (exact) mass is 496 g/mol.